The molecule has 15 heavy (non-hydrogen) atoms. The second-order valence-corrected chi connectivity index (χ2v) is 3.32. The van der Waals surface area contributed by atoms with Crippen LogP contribution in [0.15, 0.2) is 36.5 Å². The molecule has 0 aliphatic carbocycles. The van der Waals surface area contributed by atoms with Gasteiger partial charge in [-0.2, -0.15) is 0 Å². The molecule has 0 bridgehead atoms. The highest BCUT2D eigenvalue weighted by Crippen LogP contribution is 2.15. The fraction of sp³-hybridized carbons (Fsp3) is 0.0833. The van der Waals surface area contributed by atoms with Gasteiger partial charge in [-0.05, 0) is 23.1 Å². The first-order valence-electron chi connectivity index (χ1n) is 4.71. The number of aliphatic carboxylic acids is 1. The second kappa shape index (κ2) is 4.00. The van der Waals surface area contributed by atoms with Crippen molar-refractivity contribution in [1.29, 1.82) is 0 Å². The average Bonchev–Trinajstić information content (AvgIpc) is 2.64. The largest absolute Gasteiger partial charge is 0.481 e. The van der Waals surface area contributed by atoms with Crippen LogP contribution in [0.25, 0.3) is 17.0 Å². The van der Waals surface area contributed by atoms with Gasteiger partial charge in [-0.25, -0.2) is 0 Å². The summed E-state index contributed by atoms with van der Waals surface area (Å²) in [6.45, 7) is 0. The summed E-state index contributed by atoms with van der Waals surface area (Å²) >= 11 is 0. The Kier molecular flexibility index (Phi) is 2.54. The van der Waals surface area contributed by atoms with Crippen LogP contribution in [-0.4, -0.2) is 16.1 Å². The molecule has 3 nitrogen and oxygen atoms in total. The molecule has 0 atom stereocenters. The summed E-state index contributed by atoms with van der Waals surface area (Å²) in [5.74, 6) is -0.813. The van der Waals surface area contributed by atoms with Gasteiger partial charge in [-0.3, -0.25) is 4.79 Å². The Morgan fingerprint density at radius 2 is 2.27 bits per heavy atom. The minimum Gasteiger partial charge on any atom is -0.481 e. The number of nitrogens with one attached hydrogen (secondary N) is 1. The van der Waals surface area contributed by atoms with Crippen LogP contribution >= 0.6 is 0 Å². The first-order valence-corrected chi connectivity index (χ1v) is 4.71. The molecular formula is C12H11NO2. The lowest BCUT2D eigenvalue weighted by atomic mass is 10.1. The number of aromatic nitrogens is 1. The highest BCUT2D eigenvalue weighted by Gasteiger charge is 1.94. The lowest BCUT2D eigenvalue weighted by molar-refractivity contribution is -0.135. The highest BCUT2D eigenvalue weighted by atomic mass is 16.4. The lowest BCUT2D eigenvalue weighted by Crippen LogP contribution is -1.89. The topological polar surface area (TPSA) is 53.1 Å². The summed E-state index contributed by atoms with van der Waals surface area (Å²) in [5, 5.41) is 9.63. The molecule has 0 radical (unpaired) electrons. The molecule has 0 amide bonds. The standard InChI is InChI=1S/C12H11NO2/c14-12(15)3-1-2-9-4-5-10-6-7-13-11(10)8-9/h1-2,4-8,13H,3H2,(H,14,15). The predicted octanol–water partition coefficient (Wildman–Crippen LogP) is 2.66. The Balaban J connectivity index is 2.21. The van der Waals surface area contributed by atoms with Gasteiger partial charge in [0, 0.05) is 11.7 Å². The Morgan fingerprint density at radius 3 is 3.07 bits per heavy atom. The average molecular weight is 201 g/mol. The van der Waals surface area contributed by atoms with E-state index in [1.807, 2.05) is 36.5 Å². The summed E-state index contributed by atoms with van der Waals surface area (Å²) in [7, 11) is 0. The number of H-pyrrole nitrogens is 1. The molecule has 2 aromatic rings. The van der Waals surface area contributed by atoms with E-state index in [2.05, 4.69) is 4.98 Å². The van der Waals surface area contributed by atoms with Crippen LogP contribution in [0, 0.1) is 0 Å². The van der Waals surface area contributed by atoms with E-state index in [-0.39, 0.29) is 6.42 Å². The number of rotatable bonds is 3. The molecule has 0 aliphatic heterocycles. The number of benzene rings is 1. The third-order valence-electron chi connectivity index (χ3n) is 2.18. The van der Waals surface area contributed by atoms with E-state index in [9.17, 15) is 4.79 Å². The molecule has 1 aromatic heterocycles. The maximum Gasteiger partial charge on any atom is 0.307 e. The van der Waals surface area contributed by atoms with Crippen LogP contribution in [0.5, 0.6) is 0 Å². The molecule has 0 spiro atoms. The van der Waals surface area contributed by atoms with Gasteiger partial charge >= 0.3 is 5.97 Å². The fourth-order valence-corrected chi connectivity index (χ4v) is 1.46. The normalized spacial score (nSPS) is 11.2. The third kappa shape index (κ3) is 2.26. The van der Waals surface area contributed by atoms with E-state index in [0.717, 1.165) is 16.5 Å². The number of aromatic amines is 1. The van der Waals surface area contributed by atoms with Crippen molar-refractivity contribution in [2.75, 3.05) is 0 Å². The molecule has 76 valence electrons. The molecule has 1 aromatic carbocycles. The first-order chi connectivity index (χ1) is 7.25. The van der Waals surface area contributed by atoms with Gasteiger partial charge in [0.25, 0.3) is 0 Å². The Morgan fingerprint density at radius 1 is 1.40 bits per heavy atom. The van der Waals surface area contributed by atoms with Gasteiger partial charge in [0.15, 0.2) is 0 Å². The maximum atomic E-state index is 10.3. The van der Waals surface area contributed by atoms with Gasteiger partial charge in [0.2, 0.25) is 0 Å². The highest BCUT2D eigenvalue weighted by molar-refractivity contribution is 5.82. The smallest absolute Gasteiger partial charge is 0.307 e. The zero-order valence-corrected chi connectivity index (χ0v) is 8.10. The van der Waals surface area contributed by atoms with Crippen molar-refractivity contribution < 1.29 is 9.90 Å². The lowest BCUT2D eigenvalue weighted by Gasteiger charge is -1.94. The van der Waals surface area contributed by atoms with Crippen LogP contribution in [-0.2, 0) is 4.79 Å². The molecule has 0 saturated heterocycles. The van der Waals surface area contributed by atoms with E-state index in [4.69, 9.17) is 5.11 Å². The third-order valence-corrected chi connectivity index (χ3v) is 2.18. The number of hydrogen-bond acceptors (Lipinski definition) is 1. The summed E-state index contributed by atoms with van der Waals surface area (Å²) in [4.78, 5) is 13.4. The van der Waals surface area contributed by atoms with E-state index in [1.165, 1.54) is 0 Å². The Bertz CT molecular complexity index is 511. The first kappa shape index (κ1) is 9.52. The van der Waals surface area contributed by atoms with Crippen molar-refractivity contribution in [2.45, 2.75) is 6.42 Å². The van der Waals surface area contributed by atoms with Crippen LogP contribution in [0.1, 0.15) is 12.0 Å². The molecule has 0 aliphatic rings. The molecule has 1 heterocycles. The summed E-state index contributed by atoms with van der Waals surface area (Å²) in [5.41, 5.74) is 2.07. The minimum atomic E-state index is -0.813. The van der Waals surface area contributed by atoms with Crippen molar-refractivity contribution in [3.05, 3.63) is 42.1 Å². The van der Waals surface area contributed by atoms with Gasteiger partial charge in [0.05, 0.1) is 6.42 Å². The summed E-state index contributed by atoms with van der Waals surface area (Å²) < 4.78 is 0. The second-order valence-electron chi connectivity index (χ2n) is 3.32. The SMILES string of the molecule is O=C(O)CC=Cc1ccc2cc[nH]c2c1. The molecular weight excluding hydrogens is 190 g/mol. The van der Waals surface area contributed by atoms with Gasteiger partial charge in [-0.1, -0.05) is 24.3 Å². The molecule has 3 heteroatoms. The number of carbonyl (C=O) groups is 1. The zero-order valence-electron chi connectivity index (χ0n) is 8.10. The van der Waals surface area contributed by atoms with E-state index in [1.54, 1.807) is 6.08 Å². The van der Waals surface area contributed by atoms with Crippen LogP contribution < -0.4 is 0 Å². The van der Waals surface area contributed by atoms with Gasteiger partial charge in [-0.15, -0.1) is 0 Å². The maximum absolute atomic E-state index is 10.3. The predicted molar refractivity (Wildman–Crippen MR) is 59.6 cm³/mol. The fourth-order valence-electron chi connectivity index (χ4n) is 1.46. The Labute approximate surface area is 87.0 Å². The number of hydrogen-bond donors (Lipinski definition) is 2. The summed E-state index contributed by atoms with van der Waals surface area (Å²) in [6, 6.07) is 7.97. The molecule has 2 rings (SSSR count). The van der Waals surface area contributed by atoms with Crippen LogP contribution in [0.2, 0.25) is 0 Å². The molecule has 0 unspecified atom stereocenters. The van der Waals surface area contributed by atoms with Crippen molar-refractivity contribution in [3.63, 3.8) is 0 Å². The zero-order chi connectivity index (χ0) is 10.7. The van der Waals surface area contributed by atoms with E-state index < -0.39 is 5.97 Å². The van der Waals surface area contributed by atoms with Crippen molar-refractivity contribution in [1.82, 2.24) is 4.98 Å². The van der Waals surface area contributed by atoms with E-state index in [0.29, 0.717) is 0 Å². The van der Waals surface area contributed by atoms with Crippen molar-refractivity contribution >= 4 is 22.9 Å². The number of fused-ring (bicyclic) bond motifs is 1. The molecule has 0 saturated carbocycles. The number of carboxylic acids is 1. The minimum absolute atomic E-state index is 0.0583. The van der Waals surface area contributed by atoms with Gasteiger partial charge < -0.3 is 10.1 Å². The molecule has 2 N–H and O–H groups in total. The van der Waals surface area contributed by atoms with Crippen molar-refractivity contribution in [3.8, 4) is 0 Å². The number of carboxylic acid groups (broad SMARTS) is 1. The van der Waals surface area contributed by atoms with Crippen LogP contribution in [0.4, 0.5) is 0 Å². The van der Waals surface area contributed by atoms with Crippen LogP contribution in [0.3, 0.4) is 0 Å². The van der Waals surface area contributed by atoms with Gasteiger partial charge in [0.1, 0.15) is 0 Å². The summed E-state index contributed by atoms with van der Waals surface area (Å²) in [6.07, 6.45) is 5.40. The quantitative estimate of drug-likeness (QED) is 0.802. The molecule has 0 fully saturated rings. The van der Waals surface area contributed by atoms with E-state index >= 15 is 0 Å². The van der Waals surface area contributed by atoms with Crippen molar-refractivity contribution in [2.24, 2.45) is 0 Å². The Hall–Kier alpha value is -2.03. The monoisotopic (exact) mass is 201 g/mol.